The van der Waals surface area contributed by atoms with Gasteiger partial charge in [0.1, 0.15) is 5.69 Å². The lowest BCUT2D eigenvalue weighted by molar-refractivity contribution is -0.384. The first-order chi connectivity index (χ1) is 9.52. The van der Waals surface area contributed by atoms with Gasteiger partial charge >= 0.3 is 5.69 Å². The standard InChI is InChI=1S/C13H10BrFN2O3/c1-16-10-3-2-4-11(13(10)17(18)19)20-12-7-8(14)5-6-9(12)15/h2-7,16H,1H3. The minimum absolute atomic E-state index is 0.0288. The SMILES string of the molecule is CNc1cccc(Oc2cc(Br)ccc2F)c1[N+](=O)[O-]. The quantitative estimate of drug-likeness (QED) is 0.664. The summed E-state index contributed by atoms with van der Waals surface area (Å²) in [5.74, 6) is -0.716. The van der Waals surface area contributed by atoms with Crippen LogP contribution < -0.4 is 10.1 Å². The highest BCUT2D eigenvalue weighted by Gasteiger charge is 2.21. The zero-order chi connectivity index (χ0) is 14.7. The second-order valence-electron chi connectivity index (χ2n) is 3.84. The molecule has 0 saturated carbocycles. The summed E-state index contributed by atoms with van der Waals surface area (Å²) in [6.45, 7) is 0. The van der Waals surface area contributed by atoms with Crippen LogP contribution >= 0.6 is 15.9 Å². The van der Waals surface area contributed by atoms with Gasteiger partial charge in [-0.3, -0.25) is 10.1 Å². The normalized spacial score (nSPS) is 10.2. The second-order valence-corrected chi connectivity index (χ2v) is 4.75. The highest BCUT2D eigenvalue weighted by molar-refractivity contribution is 9.10. The molecule has 0 saturated heterocycles. The van der Waals surface area contributed by atoms with Crippen molar-refractivity contribution in [2.75, 3.05) is 12.4 Å². The first-order valence-electron chi connectivity index (χ1n) is 5.61. The summed E-state index contributed by atoms with van der Waals surface area (Å²) in [4.78, 5) is 10.6. The third kappa shape index (κ3) is 2.88. The van der Waals surface area contributed by atoms with Crippen molar-refractivity contribution in [3.63, 3.8) is 0 Å². The molecule has 0 aliphatic carbocycles. The summed E-state index contributed by atoms with van der Waals surface area (Å²) in [6, 6.07) is 8.69. The highest BCUT2D eigenvalue weighted by Crippen LogP contribution is 2.38. The zero-order valence-electron chi connectivity index (χ0n) is 10.4. The van der Waals surface area contributed by atoms with Gasteiger partial charge in [-0.15, -0.1) is 0 Å². The molecule has 0 heterocycles. The van der Waals surface area contributed by atoms with Crippen LogP contribution in [0.5, 0.6) is 11.5 Å². The fraction of sp³-hybridized carbons (Fsp3) is 0.0769. The van der Waals surface area contributed by atoms with Crippen LogP contribution in [0.25, 0.3) is 0 Å². The molecule has 5 nitrogen and oxygen atoms in total. The summed E-state index contributed by atoms with van der Waals surface area (Å²) >= 11 is 3.19. The fourth-order valence-corrected chi connectivity index (χ4v) is 2.01. The van der Waals surface area contributed by atoms with Crippen LogP contribution in [0, 0.1) is 15.9 Å². The van der Waals surface area contributed by atoms with E-state index in [1.807, 2.05) is 0 Å². The molecule has 20 heavy (non-hydrogen) atoms. The van der Waals surface area contributed by atoms with Crippen molar-refractivity contribution in [2.24, 2.45) is 0 Å². The van der Waals surface area contributed by atoms with E-state index in [1.165, 1.54) is 24.3 Å². The number of ether oxygens (including phenoxy) is 1. The number of hydrogen-bond acceptors (Lipinski definition) is 4. The number of rotatable bonds is 4. The number of benzene rings is 2. The summed E-state index contributed by atoms with van der Waals surface area (Å²) in [6.07, 6.45) is 0. The van der Waals surface area contributed by atoms with Crippen molar-refractivity contribution in [3.8, 4) is 11.5 Å². The molecule has 0 fully saturated rings. The zero-order valence-corrected chi connectivity index (χ0v) is 12.0. The maximum Gasteiger partial charge on any atom is 0.334 e. The maximum absolute atomic E-state index is 13.6. The Morgan fingerprint density at radius 3 is 2.70 bits per heavy atom. The molecular weight excluding hydrogens is 331 g/mol. The van der Waals surface area contributed by atoms with Crippen LogP contribution in [-0.2, 0) is 0 Å². The topological polar surface area (TPSA) is 64.4 Å². The van der Waals surface area contributed by atoms with Gasteiger partial charge in [0.15, 0.2) is 11.6 Å². The van der Waals surface area contributed by atoms with Crippen molar-refractivity contribution >= 4 is 27.3 Å². The van der Waals surface area contributed by atoms with E-state index in [0.29, 0.717) is 10.2 Å². The molecule has 0 amide bonds. The Hall–Kier alpha value is -2.15. The summed E-state index contributed by atoms with van der Waals surface area (Å²) in [5.41, 5.74) is 0.0530. The van der Waals surface area contributed by atoms with Crippen LogP contribution in [0.4, 0.5) is 15.8 Å². The van der Waals surface area contributed by atoms with Crippen molar-refractivity contribution < 1.29 is 14.1 Å². The second kappa shape index (κ2) is 5.87. The van der Waals surface area contributed by atoms with Crippen LogP contribution in [0.15, 0.2) is 40.9 Å². The molecule has 0 spiro atoms. The van der Waals surface area contributed by atoms with Gasteiger partial charge < -0.3 is 10.1 Å². The Morgan fingerprint density at radius 1 is 1.30 bits per heavy atom. The molecule has 0 atom stereocenters. The minimum atomic E-state index is -0.600. The predicted octanol–water partition coefficient (Wildman–Crippen LogP) is 4.33. The van der Waals surface area contributed by atoms with Crippen LogP contribution in [-0.4, -0.2) is 12.0 Å². The summed E-state index contributed by atoms with van der Waals surface area (Å²) in [5, 5.41) is 13.8. The van der Waals surface area contributed by atoms with Gasteiger partial charge in [-0.1, -0.05) is 22.0 Å². The van der Waals surface area contributed by atoms with Gasteiger partial charge in [0.25, 0.3) is 0 Å². The summed E-state index contributed by atoms with van der Waals surface area (Å²) < 4.78 is 19.6. The van der Waals surface area contributed by atoms with E-state index in [-0.39, 0.29) is 17.2 Å². The third-order valence-corrected chi connectivity index (χ3v) is 3.06. The Labute approximate surface area is 122 Å². The molecule has 2 aromatic carbocycles. The van der Waals surface area contributed by atoms with E-state index in [9.17, 15) is 14.5 Å². The van der Waals surface area contributed by atoms with E-state index in [0.717, 1.165) is 0 Å². The molecule has 1 N–H and O–H groups in total. The lowest BCUT2D eigenvalue weighted by Gasteiger charge is -2.10. The van der Waals surface area contributed by atoms with Gasteiger partial charge in [-0.25, -0.2) is 4.39 Å². The number of nitro groups is 1. The Morgan fingerprint density at radius 2 is 2.05 bits per heavy atom. The molecule has 0 aliphatic heterocycles. The van der Waals surface area contributed by atoms with Gasteiger partial charge in [0.2, 0.25) is 5.75 Å². The smallest absolute Gasteiger partial charge is 0.334 e. The van der Waals surface area contributed by atoms with E-state index in [2.05, 4.69) is 21.2 Å². The number of para-hydroxylation sites is 1. The Bertz CT molecular complexity index is 664. The molecule has 2 aromatic rings. The van der Waals surface area contributed by atoms with Crippen LogP contribution in [0.2, 0.25) is 0 Å². The van der Waals surface area contributed by atoms with Crippen LogP contribution in [0.1, 0.15) is 0 Å². The van der Waals surface area contributed by atoms with E-state index in [1.54, 1.807) is 19.2 Å². The predicted molar refractivity (Wildman–Crippen MR) is 76.8 cm³/mol. The van der Waals surface area contributed by atoms with Gasteiger partial charge in [-0.05, 0) is 30.3 Å². The van der Waals surface area contributed by atoms with E-state index in [4.69, 9.17) is 4.74 Å². The van der Waals surface area contributed by atoms with Crippen molar-refractivity contribution in [1.29, 1.82) is 0 Å². The lowest BCUT2D eigenvalue weighted by Crippen LogP contribution is -1.99. The molecular formula is C13H10BrFN2O3. The van der Waals surface area contributed by atoms with Gasteiger partial charge in [0, 0.05) is 11.5 Å². The minimum Gasteiger partial charge on any atom is -0.447 e. The van der Waals surface area contributed by atoms with Gasteiger partial charge in [0.05, 0.1) is 4.92 Å². The molecule has 0 radical (unpaired) electrons. The van der Waals surface area contributed by atoms with E-state index >= 15 is 0 Å². The largest absolute Gasteiger partial charge is 0.447 e. The number of halogens is 2. The van der Waals surface area contributed by atoms with Gasteiger partial charge in [-0.2, -0.15) is 0 Å². The van der Waals surface area contributed by atoms with E-state index < -0.39 is 10.7 Å². The molecule has 0 aromatic heterocycles. The Balaban J connectivity index is 2.48. The Kier molecular flexibility index (Phi) is 4.19. The summed E-state index contributed by atoms with van der Waals surface area (Å²) in [7, 11) is 1.56. The molecule has 2 rings (SSSR count). The molecule has 0 bridgehead atoms. The van der Waals surface area contributed by atoms with Crippen molar-refractivity contribution in [1.82, 2.24) is 0 Å². The molecule has 0 aliphatic rings. The first-order valence-corrected chi connectivity index (χ1v) is 6.40. The average Bonchev–Trinajstić information content (AvgIpc) is 2.42. The third-order valence-electron chi connectivity index (χ3n) is 2.56. The average molecular weight is 341 g/mol. The molecule has 104 valence electrons. The van der Waals surface area contributed by atoms with Crippen molar-refractivity contribution in [2.45, 2.75) is 0 Å². The number of hydrogen-bond donors (Lipinski definition) is 1. The molecule has 0 unspecified atom stereocenters. The maximum atomic E-state index is 13.6. The van der Waals surface area contributed by atoms with Crippen molar-refractivity contribution in [3.05, 3.63) is 56.8 Å². The first kappa shape index (κ1) is 14.3. The number of nitrogens with one attached hydrogen (secondary N) is 1. The number of nitrogens with zero attached hydrogens (tertiary/aromatic N) is 1. The fourth-order valence-electron chi connectivity index (χ4n) is 1.67. The number of anilines is 1. The monoisotopic (exact) mass is 340 g/mol. The lowest BCUT2D eigenvalue weighted by atomic mass is 10.2. The highest BCUT2D eigenvalue weighted by atomic mass is 79.9. The molecule has 7 heteroatoms. The number of nitro benzene ring substituents is 1. The van der Waals surface area contributed by atoms with Crippen LogP contribution in [0.3, 0.4) is 0 Å².